The Morgan fingerprint density at radius 1 is 1.23 bits per heavy atom. The summed E-state index contributed by atoms with van der Waals surface area (Å²) in [4.78, 5) is 14.2. The van der Waals surface area contributed by atoms with Gasteiger partial charge in [0.1, 0.15) is 5.69 Å². The highest BCUT2D eigenvalue weighted by atomic mass is 32.2. The fraction of sp³-hybridized carbons (Fsp3) is 0.222. The number of hydrogen-bond donors (Lipinski definition) is 2. The van der Waals surface area contributed by atoms with Gasteiger partial charge in [-0.3, -0.25) is 10.1 Å². The maximum Gasteiger partial charge on any atom is 0.269 e. The molecule has 0 fully saturated rings. The monoisotopic (exact) mass is 370 g/mol. The quantitative estimate of drug-likeness (QED) is 0.245. The number of non-ortho nitro benzene ring substituents is 1. The van der Waals surface area contributed by atoms with Crippen LogP contribution in [0.25, 0.3) is 10.9 Å². The highest BCUT2D eigenvalue weighted by Gasteiger charge is 2.16. The van der Waals surface area contributed by atoms with Crippen LogP contribution in [0.4, 0.5) is 17.1 Å². The average Bonchev–Trinajstić information content (AvgIpc) is 3.05. The van der Waals surface area contributed by atoms with E-state index in [2.05, 4.69) is 22.1 Å². The zero-order valence-corrected chi connectivity index (χ0v) is 15.2. The summed E-state index contributed by atoms with van der Waals surface area (Å²) >= 11 is 1.58. The summed E-state index contributed by atoms with van der Waals surface area (Å²) < 4.78 is 0. The largest absolute Gasteiger partial charge is 0.504 e. The first kappa shape index (κ1) is 17.9. The lowest BCUT2D eigenvalue weighted by Crippen LogP contribution is -1.85. The second-order valence-electron chi connectivity index (χ2n) is 5.57. The summed E-state index contributed by atoms with van der Waals surface area (Å²) in [5, 5.41) is 30.7. The number of nitro groups is 1. The number of benzene rings is 2. The lowest BCUT2D eigenvalue weighted by atomic mass is 10.1. The van der Waals surface area contributed by atoms with Crippen LogP contribution in [0, 0.1) is 10.1 Å². The number of nitro benzene ring substituents is 1. The van der Waals surface area contributed by atoms with Gasteiger partial charge >= 0.3 is 0 Å². The van der Waals surface area contributed by atoms with Crippen molar-refractivity contribution in [3.8, 4) is 5.75 Å². The molecule has 3 aromatic rings. The molecular weight excluding hydrogens is 352 g/mol. The Morgan fingerprint density at radius 3 is 2.58 bits per heavy atom. The lowest BCUT2D eigenvalue weighted by Gasteiger charge is -2.08. The van der Waals surface area contributed by atoms with E-state index in [0.29, 0.717) is 16.9 Å². The Hall–Kier alpha value is -2.87. The molecule has 0 bridgehead atoms. The van der Waals surface area contributed by atoms with Gasteiger partial charge < -0.3 is 10.1 Å². The zero-order valence-electron chi connectivity index (χ0n) is 14.4. The minimum absolute atomic E-state index is 0.00563. The van der Waals surface area contributed by atoms with Crippen LogP contribution >= 0.6 is 11.8 Å². The Bertz CT molecular complexity index is 980. The maximum atomic E-state index is 10.7. The normalized spacial score (nSPS) is 11.5. The van der Waals surface area contributed by atoms with E-state index in [0.717, 1.165) is 28.0 Å². The topological polar surface area (TPSA) is 104 Å². The van der Waals surface area contributed by atoms with Crippen LogP contribution < -0.4 is 0 Å². The molecule has 7 nitrogen and oxygen atoms in total. The smallest absolute Gasteiger partial charge is 0.269 e. The van der Waals surface area contributed by atoms with Gasteiger partial charge in [0, 0.05) is 28.6 Å². The number of aromatic nitrogens is 1. The Morgan fingerprint density at radius 2 is 1.96 bits per heavy atom. The molecule has 2 aromatic carbocycles. The Labute approximate surface area is 154 Å². The van der Waals surface area contributed by atoms with E-state index in [-0.39, 0.29) is 11.4 Å². The third-order valence-electron chi connectivity index (χ3n) is 3.98. The second kappa shape index (κ2) is 7.57. The van der Waals surface area contributed by atoms with Crippen molar-refractivity contribution in [2.24, 2.45) is 10.2 Å². The van der Waals surface area contributed by atoms with Gasteiger partial charge in [0.05, 0.1) is 16.1 Å². The number of H-pyrrole nitrogens is 1. The van der Waals surface area contributed by atoms with E-state index in [4.69, 9.17) is 0 Å². The molecule has 0 amide bonds. The summed E-state index contributed by atoms with van der Waals surface area (Å²) in [7, 11) is 0. The molecule has 0 atom stereocenters. The SMILES string of the molecule is CCSc1cc2c(CC)c[nH]c2c(O)c1N=Nc1ccc([N+](=O)[O-])cc1. The number of nitrogens with zero attached hydrogens (tertiary/aromatic N) is 3. The highest BCUT2D eigenvalue weighted by Crippen LogP contribution is 2.44. The number of aryl methyl sites for hydroxylation is 1. The minimum atomic E-state index is -0.465. The molecule has 26 heavy (non-hydrogen) atoms. The fourth-order valence-corrected chi connectivity index (χ4v) is 3.46. The first-order chi connectivity index (χ1) is 12.5. The van der Waals surface area contributed by atoms with Crippen LogP contribution in [-0.4, -0.2) is 20.8 Å². The molecule has 1 aromatic heterocycles. The molecule has 0 saturated carbocycles. The van der Waals surface area contributed by atoms with E-state index in [9.17, 15) is 15.2 Å². The van der Waals surface area contributed by atoms with Gasteiger partial charge in [-0.25, -0.2) is 0 Å². The predicted octanol–water partition coefficient (Wildman–Crippen LogP) is 5.87. The number of thioether (sulfide) groups is 1. The van der Waals surface area contributed by atoms with Crippen LogP contribution in [0.2, 0.25) is 0 Å². The minimum Gasteiger partial charge on any atom is -0.504 e. The van der Waals surface area contributed by atoms with Crippen LogP contribution in [0.1, 0.15) is 19.4 Å². The van der Waals surface area contributed by atoms with Crippen molar-refractivity contribution in [1.29, 1.82) is 0 Å². The summed E-state index contributed by atoms with van der Waals surface area (Å²) in [5.41, 5.74) is 2.64. The van der Waals surface area contributed by atoms with Crippen LogP contribution in [-0.2, 0) is 6.42 Å². The van der Waals surface area contributed by atoms with Crippen molar-refractivity contribution >= 4 is 39.7 Å². The summed E-state index contributed by atoms with van der Waals surface area (Å²) in [6.07, 6.45) is 2.75. The number of rotatable bonds is 6. The number of phenols is 1. The molecule has 8 heteroatoms. The first-order valence-electron chi connectivity index (χ1n) is 8.20. The maximum absolute atomic E-state index is 10.7. The molecule has 0 unspecified atom stereocenters. The van der Waals surface area contributed by atoms with Crippen LogP contribution in [0.3, 0.4) is 0 Å². The van der Waals surface area contributed by atoms with Crippen molar-refractivity contribution < 1.29 is 10.0 Å². The number of phenolic OH excluding ortho intramolecular Hbond substituents is 1. The van der Waals surface area contributed by atoms with Crippen molar-refractivity contribution in [3.63, 3.8) is 0 Å². The standard InChI is InChI=1S/C18H18N4O3S/c1-3-11-10-19-16-14(11)9-15(26-4-2)17(18(16)23)21-20-12-5-7-13(8-6-12)22(24)25/h5-10,19,23H,3-4H2,1-2H3. The third-order valence-corrected chi connectivity index (χ3v) is 4.89. The van der Waals surface area contributed by atoms with Gasteiger partial charge in [-0.2, -0.15) is 5.11 Å². The molecule has 3 rings (SSSR count). The molecule has 0 aliphatic rings. The van der Waals surface area contributed by atoms with Crippen molar-refractivity contribution in [2.75, 3.05) is 5.75 Å². The van der Waals surface area contributed by atoms with Gasteiger partial charge in [-0.05, 0) is 35.9 Å². The Balaban J connectivity index is 2.03. The van der Waals surface area contributed by atoms with Gasteiger partial charge in [0.2, 0.25) is 0 Å². The molecule has 0 aliphatic heterocycles. The molecule has 0 radical (unpaired) electrons. The van der Waals surface area contributed by atoms with Crippen molar-refractivity contribution in [1.82, 2.24) is 4.98 Å². The first-order valence-corrected chi connectivity index (χ1v) is 9.18. The Kier molecular flexibility index (Phi) is 5.22. The predicted molar refractivity (Wildman–Crippen MR) is 103 cm³/mol. The van der Waals surface area contributed by atoms with E-state index >= 15 is 0 Å². The van der Waals surface area contributed by atoms with Crippen molar-refractivity contribution in [3.05, 3.63) is 52.2 Å². The van der Waals surface area contributed by atoms with E-state index in [1.165, 1.54) is 24.3 Å². The summed E-state index contributed by atoms with van der Waals surface area (Å²) in [5.74, 6) is 0.889. The van der Waals surface area contributed by atoms with E-state index < -0.39 is 4.92 Å². The van der Waals surface area contributed by atoms with E-state index in [1.54, 1.807) is 11.8 Å². The fourth-order valence-electron chi connectivity index (χ4n) is 2.67. The van der Waals surface area contributed by atoms with Gasteiger partial charge in [-0.1, -0.05) is 13.8 Å². The number of azo groups is 1. The number of nitrogens with one attached hydrogen (secondary N) is 1. The summed E-state index contributed by atoms with van der Waals surface area (Å²) in [6, 6.07) is 7.80. The third kappa shape index (κ3) is 3.41. The molecule has 1 heterocycles. The van der Waals surface area contributed by atoms with Gasteiger partial charge in [0.15, 0.2) is 5.75 Å². The molecule has 2 N–H and O–H groups in total. The lowest BCUT2D eigenvalue weighted by molar-refractivity contribution is -0.384. The highest BCUT2D eigenvalue weighted by molar-refractivity contribution is 7.99. The molecule has 134 valence electrons. The zero-order chi connectivity index (χ0) is 18.7. The van der Waals surface area contributed by atoms with E-state index in [1.807, 2.05) is 19.2 Å². The van der Waals surface area contributed by atoms with Crippen LogP contribution in [0.15, 0.2) is 51.7 Å². The second-order valence-corrected chi connectivity index (χ2v) is 6.87. The number of aromatic amines is 1. The molecule has 0 aliphatic carbocycles. The average molecular weight is 370 g/mol. The van der Waals surface area contributed by atoms with Crippen LogP contribution in [0.5, 0.6) is 5.75 Å². The number of hydrogen-bond acceptors (Lipinski definition) is 6. The number of aromatic hydroxyl groups is 1. The van der Waals surface area contributed by atoms with Crippen molar-refractivity contribution in [2.45, 2.75) is 25.2 Å². The van der Waals surface area contributed by atoms with Gasteiger partial charge in [-0.15, -0.1) is 16.9 Å². The molecular formula is C18H18N4O3S. The molecule has 0 saturated heterocycles. The number of fused-ring (bicyclic) bond motifs is 1. The summed E-state index contributed by atoms with van der Waals surface area (Å²) in [6.45, 7) is 4.09. The molecule has 0 spiro atoms. The van der Waals surface area contributed by atoms with Gasteiger partial charge in [0.25, 0.3) is 5.69 Å².